The van der Waals surface area contributed by atoms with Gasteiger partial charge in [-0.1, -0.05) is 29.8 Å². The van der Waals surface area contributed by atoms with E-state index in [0.29, 0.717) is 47.8 Å². The summed E-state index contributed by atoms with van der Waals surface area (Å²) in [6.07, 6.45) is 1.69. The summed E-state index contributed by atoms with van der Waals surface area (Å²) in [5.74, 6) is 2.46. The van der Waals surface area contributed by atoms with Crippen LogP contribution in [-0.2, 0) is 13.2 Å². The maximum Gasteiger partial charge on any atom is 0.180 e. The summed E-state index contributed by atoms with van der Waals surface area (Å²) in [5.41, 5.74) is 5.90. The first kappa shape index (κ1) is 25.0. The number of rotatable bonds is 11. The number of nitrogens with zero attached hydrogens (tertiary/aromatic N) is 1. The van der Waals surface area contributed by atoms with Crippen molar-refractivity contribution < 1.29 is 18.9 Å². The van der Waals surface area contributed by atoms with E-state index in [1.54, 1.807) is 26.5 Å². The quantitative estimate of drug-likeness (QED) is 0.170. The van der Waals surface area contributed by atoms with Crippen LogP contribution in [-0.4, -0.2) is 27.0 Å². The van der Waals surface area contributed by atoms with E-state index in [9.17, 15) is 0 Å². The minimum atomic E-state index is 0.400. The van der Waals surface area contributed by atoms with Crippen molar-refractivity contribution in [2.75, 3.05) is 20.8 Å². The van der Waals surface area contributed by atoms with Crippen LogP contribution in [0.2, 0.25) is 5.02 Å². The molecule has 0 fully saturated rings. The highest BCUT2D eigenvalue weighted by molar-refractivity contribution is 14.1. The van der Waals surface area contributed by atoms with Crippen molar-refractivity contribution in [1.82, 2.24) is 5.43 Å². The van der Waals surface area contributed by atoms with E-state index < -0.39 is 0 Å². The van der Waals surface area contributed by atoms with Crippen molar-refractivity contribution in [1.29, 1.82) is 0 Å². The van der Waals surface area contributed by atoms with Crippen molar-refractivity contribution in [3.63, 3.8) is 0 Å². The molecule has 0 saturated heterocycles. The summed E-state index contributed by atoms with van der Waals surface area (Å²) in [6, 6.07) is 17.5. The zero-order valence-corrected chi connectivity index (χ0v) is 21.6. The van der Waals surface area contributed by atoms with Crippen LogP contribution in [0.5, 0.6) is 23.0 Å². The van der Waals surface area contributed by atoms with Crippen LogP contribution < -0.4 is 24.4 Å². The van der Waals surface area contributed by atoms with Crippen LogP contribution in [0.4, 0.5) is 0 Å². The second-order valence-corrected chi connectivity index (χ2v) is 8.61. The van der Waals surface area contributed by atoms with Gasteiger partial charge in [0.2, 0.25) is 0 Å². The summed E-state index contributed by atoms with van der Waals surface area (Å²) in [7, 11) is 3.22. The normalized spacial score (nSPS) is 10.8. The number of ether oxygens (including phenoxy) is 4. The molecule has 0 aliphatic rings. The van der Waals surface area contributed by atoms with Crippen molar-refractivity contribution in [3.05, 3.63) is 79.9 Å². The third-order valence-corrected chi connectivity index (χ3v) is 5.66. The van der Waals surface area contributed by atoms with Crippen LogP contribution in [0.15, 0.2) is 59.7 Å². The van der Waals surface area contributed by atoms with Crippen molar-refractivity contribution in [3.8, 4) is 23.0 Å². The van der Waals surface area contributed by atoms with Gasteiger partial charge >= 0.3 is 0 Å². The second kappa shape index (κ2) is 12.6. The molecule has 3 aromatic carbocycles. The molecular formula is C25H26ClIN2O4. The third kappa shape index (κ3) is 7.17. The molecule has 0 radical (unpaired) electrons. The lowest BCUT2D eigenvalue weighted by molar-refractivity contribution is 0.269. The molecule has 0 heterocycles. The molecule has 3 rings (SSSR count). The lowest BCUT2D eigenvalue weighted by Gasteiger charge is -2.14. The van der Waals surface area contributed by atoms with E-state index in [1.807, 2.05) is 55.5 Å². The van der Waals surface area contributed by atoms with E-state index in [1.165, 1.54) is 3.57 Å². The number of benzene rings is 3. The number of nitrogens with one attached hydrogen (secondary N) is 1. The Bertz CT molecular complexity index is 1090. The Labute approximate surface area is 213 Å². The topological polar surface area (TPSA) is 61.3 Å². The zero-order valence-electron chi connectivity index (χ0n) is 18.7. The van der Waals surface area contributed by atoms with Crippen molar-refractivity contribution in [2.45, 2.75) is 20.1 Å². The molecule has 0 amide bonds. The van der Waals surface area contributed by atoms with Crippen molar-refractivity contribution in [2.24, 2.45) is 5.10 Å². The maximum absolute atomic E-state index is 6.52. The molecule has 0 aliphatic carbocycles. The predicted octanol–water partition coefficient (Wildman–Crippen LogP) is 6.06. The van der Waals surface area contributed by atoms with Gasteiger partial charge in [-0.05, 0) is 82.6 Å². The Balaban J connectivity index is 1.66. The van der Waals surface area contributed by atoms with Crippen LogP contribution >= 0.6 is 34.2 Å². The van der Waals surface area contributed by atoms with E-state index in [0.717, 1.165) is 16.7 Å². The fraction of sp³-hybridized carbons (Fsp3) is 0.240. The summed E-state index contributed by atoms with van der Waals surface area (Å²) in [5, 5.41) is 4.77. The average Bonchev–Trinajstić information content (AvgIpc) is 2.82. The predicted molar refractivity (Wildman–Crippen MR) is 140 cm³/mol. The van der Waals surface area contributed by atoms with Crippen LogP contribution in [0, 0.1) is 3.57 Å². The molecule has 0 aliphatic heterocycles. The second-order valence-electron chi connectivity index (χ2n) is 6.96. The van der Waals surface area contributed by atoms with E-state index in [-0.39, 0.29) is 0 Å². The van der Waals surface area contributed by atoms with Gasteiger partial charge in [0, 0.05) is 3.57 Å². The molecule has 0 saturated carbocycles. The van der Waals surface area contributed by atoms with E-state index in [2.05, 4.69) is 33.1 Å². The van der Waals surface area contributed by atoms with Gasteiger partial charge in [0.25, 0.3) is 0 Å². The van der Waals surface area contributed by atoms with Gasteiger partial charge in [0.1, 0.15) is 6.61 Å². The van der Waals surface area contributed by atoms with Crippen molar-refractivity contribution >= 4 is 40.4 Å². The van der Waals surface area contributed by atoms with Gasteiger partial charge in [0.15, 0.2) is 23.0 Å². The Morgan fingerprint density at radius 1 is 0.909 bits per heavy atom. The number of hydrogen-bond donors (Lipinski definition) is 1. The first-order valence-electron chi connectivity index (χ1n) is 10.3. The first-order chi connectivity index (χ1) is 16.0. The molecule has 174 valence electrons. The van der Waals surface area contributed by atoms with Gasteiger partial charge < -0.3 is 24.4 Å². The molecular weight excluding hydrogens is 555 g/mol. The molecule has 0 unspecified atom stereocenters. The fourth-order valence-corrected chi connectivity index (χ4v) is 3.68. The summed E-state index contributed by atoms with van der Waals surface area (Å²) in [6.45, 7) is 3.34. The number of hydrazone groups is 1. The fourth-order valence-electron chi connectivity index (χ4n) is 3.05. The first-order valence-corrected chi connectivity index (χ1v) is 11.8. The lowest BCUT2D eigenvalue weighted by Crippen LogP contribution is -2.06. The van der Waals surface area contributed by atoms with Gasteiger partial charge in [-0.15, -0.1) is 0 Å². The zero-order chi connectivity index (χ0) is 23.6. The summed E-state index contributed by atoms with van der Waals surface area (Å²) in [4.78, 5) is 0. The Hall–Kier alpha value is -2.65. The van der Waals surface area contributed by atoms with Crippen LogP contribution in [0.3, 0.4) is 0 Å². The highest BCUT2D eigenvalue weighted by Crippen LogP contribution is 2.37. The molecule has 6 nitrogen and oxygen atoms in total. The number of halogens is 2. The third-order valence-electron chi connectivity index (χ3n) is 4.66. The molecule has 0 aromatic heterocycles. The Kier molecular flexibility index (Phi) is 9.50. The Morgan fingerprint density at radius 2 is 1.64 bits per heavy atom. The van der Waals surface area contributed by atoms with Gasteiger partial charge in [-0.2, -0.15) is 5.10 Å². The summed E-state index contributed by atoms with van der Waals surface area (Å²) < 4.78 is 23.5. The minimum absolute atomic E-state index is 0.400. The number of hydrogen-bond acceptors (Lipinski definition) is 6. The van der Waals surface area contributed by atoms with E-state index >= 15 is 0 Å². The van der Waals surface area contributed by atoms with Crippen LogP contribution in [0.1, 0.15) is 23.6 Å². The largest absolute Gasteiger partial charge is 0.493 e. The smallest absolute Gasteiger partial charge is 0.180 e. The molecule has 33 heavy (non-hydrogen) atoms. The van der Waals surface area contributed by atoms with Gasteiger partial charge in [-0.25, -0.2) is 0 Å². The van der Waals surface area contributed by atoms with Crippen LogP contribution in [0.25, 0.3) is 0 Å². The highest BCUT2D eigenvalue weighted by atomic mass is 127. The monoisotopic (exact) mass is 580 g/mol. The van der Waals surface area contributed by atoms with E-state index in [4.69, 9.17) is 30.5 Å². The maximum atomic E-state index is 6.52. The highest BCUT2D eigenvalue weighted by Gasteiger charge is 2.13. The summed E-state index contributed by atoms with van der Waals surface area (Å²) >= 11 is 8.79. The van der Waals surface area contributed by atoms with Gasteiger partial charge in [0.05, 0.1) is 38.6 Å². The molecule has 1 N–H and O–H groups in total. The molecule has 8 heteroatoms. The van der Waals surface area contributed by atoms with Gasteiger partial charge in [-0.3, -0.25) is 0 Å². The minimum Gasteiger partial charge on any atom is -0.493 e. The SMILES string of the molecule is CCOc1cc(/C=N\NCc2ccc(OC)c(OC)c2)cc(Cl)c1OCc1ccc(I)cc1. The standard InChI is InChI=1S/C25H26ClIN2O4/c1-4-32-24-13-19(11-21(26)25(24)33-16-17-5-8-20(27)9-6-17)15-29-28-14-18-7-10-22(30-2)23(12-18)31-3/h5-13,15,28H,4,14,16H2,1-3H3/b29-15-. The molecule has 0 spiro atoms. The molecule has 0 bridgehead atoms. The average molecular weight is 581 g/mol. The Morgan fingerprint density at radius 3 is 2.33 bits per heavy atom. The number of methoxy groups -OCH3 is 2. The lowest BCUT2D eigenvalue weighted by atomic mass is 10.2. The molecule has 3 aromatic rings. The molecule has 0 atom stereocenters.